The quantitative estimate of drug-likeness (QED) is 0.677. The van der Waals surface area contributed by atoms with Gasteiger partial charge in [0.2, 0.25) is 10.0 Å². The summed E-state index contributed by atoms with van der Waals surface area (Å²) in [5, 5.41) is 10.2. The molecular weight excluding hydrogens is 346 g/mol. The number of nitrogens with one attached hydrogen (secondary N) is 2. The Bertz CT molecular complexity index is 792. The van der Waals surface area contributed by atoms with Crippen LogP contribution in [0, 0.1) is 0 Å². The zero-order valence-electron chi connectivity index (χ0n) is 14.1. The van der Waals surface area contributed by atoms with Crippen LogP contribution in [0.2, 0.25) is 0 Å². The fourth-order valence-electron chi connectivity index (χ4n) is 3.06. The van der Waals surface area contributed by atoms with Crippen molar-refractivity contribution < 1.29 is 18.3 Å². The van der Waals surface area contributed by atoms with E-state index in [0.717, 1.165) is 42.5 Å². The molecule has 1 aliphatic rings. The van der Waals surface area contributed by atoms with Crippen LogP contribution in [-0.4, -0.2) is 64.6 Å². The van der Waals surface area contributed by atoms with Crippen LogP contribution in [0.3, 0.4) is 0 Å². The first kappa shape index (κ1) is 19.1. The number of nitrogens with zero attached hydrogens (tertiary/aromatic N) is 3. The maximum absolute atomic E-state index is 11.8. The van der Waals surface area contributed by atoms with Crippen molar-refractivity contribution in [3.8, 4) is 0 Å². The first-order valence-corrected chi connectivity index (χ1v) is 9.89. The standard InChI is InChI=1S/C14H21N5O2S.CH2O2/c1-22(20,21)19-9-3-2-4-11(19)5-7-16-14-13-12(6-8-15-13)17-10-18-14;2-1-3/h6,8,10-11,15H,2-5,7,9H2,1H3,(H,16,17,18);1H,(H,2,3). The van der Waals surface area contributed by atoms with E-state index in [1.165, 1.54) is 12.6 Å². The summed E-state index contributed by atoms with van der Waals surface area (Å²) in [5.74, 6) is 0.761. The zero-order valence-corrected chi connectivity index (χ0v) is 14.9. The smallest absolute Gasteiger partial charge is 0.290 e. The number of aromatic nitrogens is 3. The average Bonchev–Trinajstić information content (AvgIpc) is 3.05. The number of fused-ring (bicyclic) bond motifs is 1. The number of hydrogen-bond donors (Lipinski definition) is 3. The van der Waals surface area contributed by atoms with E-state index in [4.69, 9.17) is 9.90 Å². The predicted octanol–water partition coefficient (Wildman–Crippen LogP) is 1.27. The van der Waals surface area contributed by atoms with Crippen molar-refractivity contribution in [2.45, 2.75) is 31.7 Å². The van der Waals surface area contributed by atoms with Crippen LogP contribution in [0.15, 0.2) is 18.6 Å². The number of carboxylic acid groups (broad SMARTS) is 1. The molecule has 1 unspecified atom stereocenters. The van der Waals surface area contributed by atoms with Crippen molar-refractivity contribution >= 4 is 33.3 Å². The van der Waals surface area contributed by atoms with Crippen LogP contribution in [0.4, 0.5) is 5.82 Å². The van der Waals surface area contributed by atoms with Gasteiger partial charge in [0.1, 0.15) is 11.8 Å². The topological polar surface area (TPSA) is 128 Å². The van der Waals surface area contributed by atoms with E-state index < -0.39 is 10.0 Å². The van der Waals surface area contributed by atoms with Gasteiger partial charge in [0.15, 0.2) is 5.82 Å². The largest absolute Gasteiger partial charge is 0.483 e. The second kappa shape index (κ2) is 8.77. The summed E-state index contributed by atoms with van der Waals surface area (Å²) >= 11 is 0. The Kier molecular flexibility index (Phi) is 6.71. The van der Waals surface area contributed by atoms with E-state index in [-0.39, 0.29) is 12.5 Å². The first-order chi connectivity index (χ1) is 12.0. The summed E-state index contributed by atoms with van der Waals surface area (Å²) in [5.41, 5.74) is 1.75. The molecule has 1 atom stereocenters. The second-order valence-corrected chi connectivity index (χ2v) is 7.74. The minimum atomic E-state index is -3.12. The summed E-state index contributed by atoms with van der Waals surface area (Å²) in [6.45, 7) is 1.07. The minimum Gasteiger partial charge on any atom is -0.483 e. The molecule has 0 radical (unpaired) electrons. The number of H-pyrrole nitrogens is 1. The summed E-state index contributed by atoms with van der Waals surface area (Å²) in [6, 6.07) is 1.98. The monoisotopic (exact) mass is 369 g/mol. The van der Waals surface area contributed by atoms with Gasteiger partial charge < -0.3 is 15.4 Å². The highest BCUT2D eigenvalue weighted by molar-refractivity contribution is 7.88. The van der Waals surface area contributed by atoms with Crippen molar-refractivity contribution in [1.82, 2.24) is 19.3 Å². The fourth-order valence-corrected chi connectivity index (χ4v) is 4.28. The highest BCUT2D eigenvalue weighted by Gasteiger charge is 2.28. The lowest BCUT2D eigenvalue weighted by Gasteiger charge is -2.33. The lowest BCUT2D eigenvalue weighted by molar-refractivity contribution is -0.122. The number of carbonyl (C=O) groups is 1. The zero-order chi connectivity index (χ0) is 18.3. The number of rotatable bonds is 5. The molecule has 2 aromatic rings. The Morgan fingerprint density at radius 1 is 1.44 bits per heavy atom. The Hall–Kier alpha value is -2.20. The number of hydrogen-bond acceptors (Lipinski definition) is 6. The summed E-state index contributed by atoms with van der Waals surface area (Å²) in [4.78, 5) is 19.9. The SMILES string of the molecule is CS(=O)(=O)N1CCCCC1CCNc1ncnc2cc[nH]c12.O=CO. The number of piperidine rings is 1. The molecule has 0 aliphatic carbocycles. The third kappa shape index (κ3) is 5.13. The Labute approximate surface area is 146 Å². The molecule has 0 amide bonds. The lowest BCUT2D eigenvalue weighted by atomic mass is 10.0. The van der Waals surface area contributed by atoms with Gasteiger partial charge in [-0.3, -0.25) is 4.79 Å². The molecule has 1 fully saturated rings. The molecule has 10 heteroatoms. The van der Waals surface area contributed by atoms with E-state index >= 15 is 0 Å². The van der Waals surface area contributed by atoms with Gasteiger partial charge in [-0.25, -0.2) is 18.4 Å². The summed E-state index contributed by atoms with van der Waals surface area (Å²) in [7, 11) is -3.12. The molecule has 3 N–H and O–H groups in total. The molecule has 0 spiro atoms. The highest BCUT2D eigenvalue weighted by Crippen LogP contribution is 2.23. The summed E-state index contributed by atoms with van der Waals surface area (Å²) < 4.78 is 25.3. The van der Waals surface area contributed by atoms with Crippen molar-refractivity contribution in [1.29, 1.82) is 0 Å². The Balaban J connectivity index is 0.000000701. The second-order valence-electron chi connectivity index (χ2n) is 5.80. The average molecular weight is 369 g/mol. The van der Waals surface area contributed by atoms with Crippen LogP contribution in [-0.2, 0) is 14.8 Å². The van der Waals surface area contributed by atoms with Gasteiger partial charge in [-0.15, -0.1) is 0 Å². The normalized spacial score (nSPS) is 18.4. The predicted molar refractivity (Wildman–Crippen MR) is 94.9 cm³/mol. The van der Waals surface area contributed by atoms with Crippen LogP contribution >= 0.6 is 0 Å². The van der Waals surface area contributed by atoms with E-state index in [9.17, 15) is 8.42 Å². The minimum absolute atomic E-state index is 0.0808. The third-order valence-electron chi connectivity index (χ3n) is 4.11. The van der Waals surface area contributed by atoms with Crippen molar-refractivity contribution in [3.63, 3.8) is 0 Å². The molecule has 1 aliphatic heterocycles. The van der Waals surface area contributed by atoms with Gasteiger partial charge in [0.25, 0.3) is 6.47 Å². The van der Waals surface area contributed by atoms with Gasteiger partial charge >= 0.3 is 0 Å². The van der Waals surface area contributed by atoms with Gasteiger partial charge in [-0.05, 0) is 25.3 Å². The molecule has 0 saturated carbocycles. The van der Waals surface area contributed by atoms with Crippen molar-refractivity contribution in [3.05, 3.63) is 18.6 Å². The van der Waals surface area contributed by atoms with Gasteiger partial charge in [0, 0.05) is 25.3 Å². The third-order valence-corrected chi connectivity index (χ3v) is 5.45. The maximum Gasteiger partial charge on any atom is 0.290 e. The van der Waals surface area contributed by atoms with Gasteiger partial charge in [-0.2, -0.15) is 4.31 Å². The van der Waals surface area contributed by atoms with E-state index in [2.05, 4.69) is 20.3 Å². The molecule has 3 heterocycles. The molecule has 1 saturated heterocycles. The van der Waals surface area contributed by atoms with Gasteiger partial charge in [0.05, 0.1) is 11.8 Å². The van der Waals surface area contributed by atoms with E-state index in [1.807, 2.05) is 12.3 Å². The van der Waals surface area contributed by atoms with E-state index in [1.54, 1.807) is 4.31 Å². The molecule has 9 nitrogen and oxygen atoms in total. The lowest BCUT2D eigenvalue weighted by Crippen LogP contribution is -2.43. The fraction of sp³-hybridized carbons (Fsp3) is 0.533. The number of sulfonamides is 1. The molecule has 0 aromatic carbocycles. The Morgan fingerprint density at radius 2 is 2.20 bits per heavy atom. The van der Waals surface area contributed by atoms with Crippen molar-refractivity contribution in [2.75, 3.05) is 24.7 Å². The van der Waals surface area contributed by atoms with Crippen LogP contribution in [0.25, 0.3) is 11.0 Å². The maximum atomic E-state index is 11.8. The Morgan fingerprint density at radius 3 is 2.92 bits per heavy atom. The van der Waals surface area contributed by atoms with Gasteiger partial charge in [-0.1, -0.05) is 6.42 Å². The number of anilines is 1. The molecule has 2 aromatic heterocycles. The van der Waals surface area contributed by atoms with Crippen LogP contribution in [0.1, 0.15) is 25.7 Å². The van der Waals surface area contributed by atoms with Crippen LogP contribution < -0.4 is 5.32 Å². The molecular formula is C15H23N5O4S. The molecule has 0 bridgehead atoms. The first-order valence-electron chi connectivity index (χ1n) is 8.04. The highest BCUT2D eigenvalue weighted by atomic mass is 32.2. The molecule has 25 heavy (non-hydrogen) atoms. The molecule has 3 rings (SSSR count). The van der Waals surface area contributed by atoms with Crippen LogP contribution in [0.5, 0.6) is 0 Å². The number of aromatic amines is 1. The van der Waals surface area contributed by atoms with E-state index in [0.29, 0.717) is 13.1 Å². The molecule has 138 valence electrons. The van der Waals surface area contributed by atoms with Crippen molar-refractivity contribution in [2.24, 2.45) is 0 Å². The summed E-state index contributed by atoms with van der Waals surface area (Å²) in [6.07, 6.45) is 8.40.